The molecular weight excluding hydrogens is 326 g/mol. The van der Waals surface area contributed by atoms with Gasteiger partial charge in [0, 0.05) is 24.1 Å². The summed E-state index contributed by atoms with van der Waals surface area (Å²) in [4.78, 5) is 11.0. The second kappa shape index (κ2) is 8.58. The van der Waals surface area contributed by atoms with E-state index in [4.69, 9.17) is 10.5 Å². The Balaban J connectivity index is 2.28. The monoisotopic (exact) mass is 348 g/mol. The van der Waals surface area contributed by atoms with Gasteiger partial charge in [-0.15, -0.1) is 0 Å². The molecule has 0 spiro atoms. The van der Waals surface area contributed by atoms with Crippen molar-refractivity contribution in [2.24, 2.45) is 5.73 Å². The van der Waals surface area contributed by atoms with Crippen molar-refractivity contribution in [3.63, 3.8) is 0 Å². The number of nitrogens with two attached hydrogens (primary N) is 1. The smallest absolute Gasteiger partial charge is 0.218 e. The maximum absolute atomic E-state index is 14.9. The fraction of sp³-hybridized carbons (Fsp3) is 0.316. The van der Waals surface area contributed by atoms with Crippen LogP contribution in [0.15, 0.2) is 42.5 Å². The van der Waals surface area contributed by atoms with Crippen molar-refractivity contribution in [3.05, 3.63) is 59.7 Å². The van der Waals surface area contributed by atoms with Crippen LogP contribution in [0.4, 0.5) is 8.78 Å². The average molecular weight is 348 g/mol. The molecule has 2 aromatic rings. The molecule has 2 aromatic carbocycles. The second-order valence-corrected chi connectivity index (χ2v) is 5.89. The third kappa shape index (κ3) is 5.00. The van der Waals surface area contributed by atoms with Gasteiger partial charge in [-0.1, -0.05) is 31.2 Å². The number of rotatable bonds is 8. The molecule has 0 aliphatic heterocycles. The topological polar surface area (TPSA) is 64.3 Å². The molecule has 0 bridgehead atoms. The van der Waals surface area contributed by atoms with Crippen LogP contribution in [-0.2, 0) is 4.79 Å². The van der Waals surface area contributed by atoms with E-state index < -0.39 is 29.3 Å². The summed E-state index contributed by atoms with van der Waals surface area (Å²) in [7, 11) is 0. The largest absolute Gasteiger partial charge is 0.451 e. The summed E-state index contributed by atoms with van der Waals surface area (Å²) in [5, 5.41) is 3.15. The number of hydrogen-bond donors (Lipinski definition) is 2. The van der Waals surface area contributed by atoms with E-state index in [1.807, 2.05) is 6.92 Å². The highest BCUT2D eigenvalue weighted by Crippen LogP contribution is 2.33. The molecule has 0 saturated carbocycles. The molecule has 3 N–H and O–H groups in total. The third-order valence-corrected chi connectivity index (χ3v) is 3.82. The molecule has 0 aliphatic rings. The summed E-state index contributed by atoms with van der Waals surface area (Å²) in [6.45, 7) is 3.66. The fourth-order valence-electron chi connectivity index (χ4n) is 2.65. The summed E-state index contributed by atoms with van der Waals surface area (Å²) in [5.41, 5.74) is 5.47. The van der Waals surface area contributed by atoms with E-state index in [1.54, 1.807) is 37.3 Å². The van der Waals surface area contributed by atoms with Gasteiger partial charge in [-0.2, -0.15) is 0 Å². The number of ether oxygens (including phenoxy) is 1. The van der Waals surface area contributed by atoms with Gasteiger partial charge in [-0.05, 0) is 31.5 Å². The number of carbonyl (C=O) groups is 1. The number of para-hydroxylation sites is 1. The van der Waals surface area contributed by atoms with Crippen LogP contribution in [0.2, 0.25) is 0 Å². The lowest BCUT2D eigenvalue weighted by Crippen LogP contribution is -2.34. The van der Waals surface area contributed by atoms with Gasteiger partial charge in [-0.3, -0.25) is 4.79 Å². The van der Waals surface area contributed by atoms with Crippen molar-refractivity contribution in [1.82, 2.24) is 5.32 Å². The molecule has 0 radical (unpaired) electrons. The molecule has 0 fully saturated rings. The molecule has 2 rings (SSSR count). The first kappa shape index (κ1) is 18.9. The number of amides is 1. The van der Waals surface area contributed by atoms with Crippen molar-refractivity contribution < 1.29 is 18.3 Å². The zero-order chi connectivity index (χ0) is 18.4. The Morgan fingerprint density at radius 3 is 2.48 bits per heavy atom. The summed E-state index contributed by atoms with van der Waals surface area (Å²) >= 11 is 0. The summed E-state index contributed by atoms with van der Waals surface area (Å²) in [5.74, 6) is -2.06. The van der Waals surface area contributed by atoms with Gasteiger partial charge in [-0.25, -0.2) is 8.78 Å². The molecule has 6 heteroatoms. The minimum absolute atomic E-state index is 0.132. The van der Waals surface area contributed by atoms with Gasteiger partial charge >= 0.3 is 0 Å². The van der Waals surface area contributed by atoms with Gasteiger partial charge in [0.2, 0.25) is 5.91 Å². The zero-order valence-electron chi connectivity index (χ0n) is 14.3. The van der Waals surface area contributed by atoms with Gasteiger partial charge in [0.05, 0.1) is 0 Å². The minimum atomic E-state index is -0.773. The number of primary amides is 1. The molecule has 2 atom stereocenters. The first-order chi connectivity index (χ1) is 11.9. The van der Waals surface area contributed by atoms with E-state index in [0.29, 0.717) is 12.2 Å². The summed E-state index contributed by atoms with van der Waals surface area (Å²) < 4.78 is 34.3. The van der Waals surface area contributed by atoms with Gasteiger partial charge in [0.1, 0.15) is 5.75 Å². The summed E-state index contributed by atoms with van der Waals surface area (Å²) in [6, 6.07) is 10.4. The van der Waals surface area contributed by atoms with Gasteiger partial charge in [0.25, 0.3) is 0 Å². The molecule has 1 amide bonds. The Hall–Kier alpha value is -2.47. The van der Waals surface area contributed by atoms with Gasteiger partial charge < -0.3 is 15.8 Å². The normalized spacial score (nSPS) is 13.3. The molecule has 0 saturated heterocycles. The highest BCUT2D eigenvalue weighted by atomic mass is 19.1. The van der Waals surface area contributed by atoms with Crippen molar-refractivity contribution in [1.29, 1.82) is 0 Å². The average Bonchev–Trinajstić information content (AvgIpc) is 2.57. The number of benzene rings is 2. The maximum atomic E-state index is 14.9. The third-order valence-electron chi connectivity index (χ3n) is 3.82. The predicted octanol–water partition coefficient (Wildman–Crippen LogP) is 4.06. The van der Waals surface area contributed by atoms with E-state index in [2.05, 4.69) is 5.32 Å². The Morgan fingerprint density at radius 1 is 1.20 bits per heavy atom. The van der Waals surface area contributed by atoms with E-state index in [9.17, 15) is 13.6 Å². The Labute approximate surface area is 146 Å². The van der Waals surface area contributed by atoms with Crippen LogP contribution in [0.25, 0.3) is 0 Å². The molecule has 4 nitrogen and oxygen atoms in total. The molecule has 25 heavy (non-hydrogen) atoms. The standard InChI is InChI=1S/C19H22F2N2O2/c1-3-16(23-12(2)11-17(22)24)14-9-10-15(20)19(18(14)21)25-13-7-5-4-6-8-13/h4-10,12,16,23H,3,11H2,1-2H3,(H2,22,24). The van der Waals surface area contributed by atoms with E-state index in [1.165, 1.54) is 12.1 Å². The summed E-state index contributed by atoms with van der Waals surface area (Å²) in [6.07, 6.45) is 0.684. The first-order valence-electron chi connectivity index (χ1n) is 8.17. The molecule has 0 heterocycles. The van der Waals surface area contributed by atoms with E-state index >= 15 is 0 Å². The minimum Gasteiger partial charge on any atom is -0.451 e. The Morgan fingerprint density at radius 2 is 1.88 bits per heavy atom. The Kier molecular flexibility index (Phi) is 6.47. The molecule has 2 unspecified atom stereocenters. The van der Waals surface area contributed by atoms with Crippen molar-refractivity contribution >= 4 is 5.91 Å². The van der Waals surface area contributed by atoms with Crippen LogP contribution in [-0.4, -0.2) is 11.9 Å². The SMILES string of the molecule is CCC(NC(C)CC(N)=O)c1ccc(F)c(Oc2ccccc2)c1F. The van der Waals surface area contributed by atoms with Crippen LogP contribution in [0.3, 0.4) is 0 Å². The lowest BCUT2D eigenvalue weighted by atomic mass is 10.0. The second-order valence-electron chi connectivity index (χ2n) is 5.89. The first-order valence-corrected chi connectivity index (χ1v) is 8.17. The molecule has 134 valence electrons. The van der Waals surface area contributed by atoms with Crippen LogP contribution in [0.5, 0.6) is 11.5 Å². The molecule has 0 aromatic heterocycles. The highest BCUT2D eigenvalue weighted by Gasteiger charge is 2.22. The lowest BCUT2D eigenvalue weighted by molar-refractivity contribution is -0.118. The Bertz CT molecular complexity index is 723. The zero-order valence-corrected chi connectivity index (χ0v) is 14.3. The lowest BCUT2D eigenvalue weighted by Gasteiger charge is -2.23. The van der Waals surface area contributed by atoms with Crippen LogP contribution < -0.4 is 15.8 Å². The fourth-order valence-corrected chi connectivity index (χ4v) is 2.65. The van der Waals surface area contributed by atoms with E-state index in [-0.39, 0.29) is 18.0 Å². The molecular formula is C19H22F2N2O2. The maximum Gasteiger partial charge on any atom is 0.218 e. The van der Waals surface area contributed by atoms with Crippen LogP contribution in [0.1, 0.15) is 38.3 Å². The predicted molar refractivity (Wildman–Crippen MR) is 92.3 cm³/mol. The van der Waals surface area contributed by atoms with Gasteiger partial charge in [0.15, 0.2) is 17.4 Å². The van der Waals surface area contributed by atoms with Crippen molar-refractivity contribution in [2.75, 3.05) is 0 Å². The van der Waals surface area contributed by atoms with Crippen LogP contribution in [0, 0.1) is 11.6 Å². The highest BCUT2D eigenvalue weighted by molar-refractivity contribution is 5.74. The van der Waals surface area contributed by atoms with Crippen molar-refractivity contribution in [3.8, 4) is 11.5 Å². The number of carbonyl (C=O) groups excluding carboxylic acids is 1. The van der Waals surface area contributed by atoms with Crippen LogP contribution >= 0.6 is 0 Å². The van der Waals surface area contributed by atoms with E-state index in [0.717, 1.165) is 0 Å². The number of nitrogens with one attached hydrogen (secondary N) is 1. The molecule has 0 aliphatic carbocycles. The van der Waals surface area contributed by atoms with Crippen molar-refractivity contribution in [2.45, 2.75) is 38.8 Å². The number of halogens is 2. The number of hydrogen-bond acceptors (Lipinski definition) is 3. The quantitative estimate of drug-likeness (QED) is 0.756.